The average molecular weight is 302 g/mol. The monoisotopic (exact) mass is 302 g/mol. The number of nitrogens with zero attached hydrogens (tertiary/aromatic N) is 4. The van der Waals surface area contributed by atoms with Crippen LogP contribution in [-0.4, -0.2) is 67.0 Å². The molecule has 0 bridgehead atoms. The first-order valence-corrected chi connectivity index (χ1v) is 8.33. The van der Waals surface area contributed by atoms with Crippen molar-refractivity contribution in [2.45, 2.75) is 31.7 Å². The first kappa shape index (κ1) is 15.3. The van der Waals surface area contributed by atoms with E-state index in [9.17, 15) is 4.79 Å². The molecule has 0 saturated carbocycles. The Hall–Kier alpha value is -1.62. The smallest absolute Gasteiger partial charge is 0.272 e. The summed E-state index contributed by atoms with van der Waals surface area (Å²) in [5, 5.41) is 0. The molecule has 1 unspecified atom stereocenters. The van der Waals surface area contributed by atoms with E-state index in [0.29, 0.717) is 11.7 Å². The van der Waals surface area contributed by atoms with Gasteiger partial charge in [-0.05, 0) is 44.5 Å². The molecule has 2 saturated heterocycles. The summed E-state index contributed by atoms with van der Waals surface area (Å²) in [6.07, 6.45) is 5.25. The van der Waals surface area contributed by atoms with Gasteiger partial charge in [-0.15, -0.1) is 0 Å². The van der Waals surface area contributed by atoms with Gasteiger partial charge in [0.1, 0.15) is 11.5 Å². The van der Waals surface area contributed by atoms with Crippen molar-refractivity contribution in [3.05, 3.63) is 23.9 Å². The van der Waals surface area contributed by atoms with Gasteiger partial charge >= 0.3 is 0 Å². The highest BCUT2D eigenvalue weighted by molar-refractivity contribution is 5.92. The molecule has 1 aromatic rings. The summed E-state index contributed by atoms with van der Waals surface area (Å²) >= 11 is 0. The van der Waals surface area contributed by atoms with Crippen LogP contribution in [0.25, 0.3) is 0 Å². The first-order valence-electron chi connectivity index (χ1n) is 8.33. The minimum absolute atomic E-state index is 0.0337. The van der Waals surface area contributed by atoms with E-state index in [4.69, 9.17) is 0 Å². The second-order valence-corrected chi connectivity index (χ2v) is 6.57. The highest BCUT2D eigenvalue weighted by Crippen LogP contribution is 2.24. The molecular formula is C17H26N4O. The fourth-order valence-electron chi connectivity index (χ4n) is 3.48. The molecule has 0 N–H and O–H groups in total. The van der Waals surface area contributed by atoms with Gasteiger partial charge in [-0.2, -0.15) is 0 Å². The van der Waals surface area contributed by atoms with E-state index in [2.05, 4.69) is 14.8 Å². The number of amides is 1. The van der Waals surface area contributed by atoms with Crippen LogP contribution in [0.1, 0.15) is 36.2 Å². The molecule has 3 rings (SSSR count). The van der Waals surface area contributed by atoms with Gasteiger partial charge < -0.3 is 9.80 Å². The Balaban J connectivity index is 1.67. The van der Waals surface area contributed by atoms with E-state index in [1.54, 1.807) is 25.1 Å². The molecule has 0 aliphatic carbocycles. The lowest BCUT2D eigenvalue weighted by atomic mass is 10.1. The zero-order valence-corrected chi connectivity index (χ0v) is 13.7. The van der Waals surface area contributed by atoms with Crippen molar-refractivity contribution in [1.29, 1.82) is 0 Å². The third-order valence-electron chi connectivity index (χ3n) is 4.75. The minimum atomic E-state index is -0.0337. The second-order valence-electron chi connectivity index (χ2n) is 6.57. The summed E-state index contributed by atoms with van der Waals surface area (Å²) in [5.74, 6) is 0.904. The van der Waals surface area contributed by atoms with Crippen molar-refractivity contribution in [1.82, 2.24) is 14.8 Å². The number of hydrogen-bond donors (Lipinski definition) is 0. The predicted octanol–water partition coefficient (Wildman–Crippen LogP) is 1.85. The van der Waals surface area contributed by atoms with Crippen LogP contribution in [0.4, 0.5) is 5.82 Å². The van der Waals surface area contributed by atoms with Crippen LogP contribution in [0.2, 0.25) is 0 Å². The molecule has 1 aromatic heterocycles. The molecule has 2 fully saturated rings. The number of carbonyl (C=O) groups is 1. The largest absolute Gasteiger partial charge is 0.355 e. The van der Waals surface area contributed by atoms with E-state index in [-0.39, 0.29) is 5.91 Å². The molecule has 1 atom stereocenters. The Morgan fingerprint density at radius 3 is 2.68 bits per heavy atom. The molecular weight excluding hydrogens is 276 g/mol. The van der Waals surface area contributed by atoms with Crippen molar-refractivity contribution in [3.63, 3.8) is 0 Å². The lowest BCUT2D eigenvalue weighted by Gasteiger charge is -2.32. The van der Waals surface area contributed by atoms with Crippen LogP contribution in [-0.2, 0) is 0 Å². The maximum absolute atomic E-state index is 12.1. The number of pyridine rings is 1. The van der Waals surface area contributed by atoms with Crippen LogP contribution < -0.4 is 4.90 Å². The standard InChI is InChI=1S/C17H26N4O/c1-19(2)17(22)15-7-6-8-16(18-15)21-12-9-14(13-21)20-10-4-3-5-11-20/h6-8,14H,3-5,9-13H2,1-2H3. The Bertz CT molecular complexity index is 525. The number of carbonyl (C=O) groups excluding carboxylic acids is 1. The Morgan fingerprint density at radius 1 is 1.18 bits per heavy atom. The van der Waals surface area contributed by atoms with Crippen molar-refractivity contribution in [2.24, 2.45) is 0 Å². The Morgan fingerprint density at radius 2 is 1.95 bits per heavy atom. The molecule has 2 aliphatic heterocycles. The van der Waals surface area contributed by atoms with Gasteiger partial charge in [-0.25, -0.2) is 4.98 Å². The van der Waals surface area contributed by atoms with Gasteiger partial charge in [-0.1, -0.05) is 12.5 Å². The molecule has 120 valence electrons. The molecule has 22 heavy (non-hydrogen) atoms. The number of hydrogen-bond acceptors (Lipinski definition) is 4. The summed E-state index contributed by atoms with van der Waals surface area (Å²) in [6.45, 7) is 4.55. The maximum Gasteiger partial charge on any atom is 0.272 e. The van der Waals surface area contributed by atoms with Crippen LogP contribution in [0.3, 0.4) is 0 Å². The van der Waals surface area contributed by atoms with Gasteiger partial charge in [0, 0.05) is 33.2 Å². The Labute approximate surface area is 132 Å². The number of anilines is 1. The fraction of sp³-hybridized carbons (Fsp3) is 0.647. The van der Waals surface area contributed by atoms with Gasteiger partial charge in [-0.3, -0.25) is 9.69 Å². The van der Waals surface area contributed by atoms with Crippen molar-refractivity contribution >= 4 is 11.7 Å². The number of aromatic nitrogens is 1. The zero-order valence-electron chi connectivity index (χ0n) is 13.7. The first-order chi connectivity index (χ1) is 10.6. The highest BCUT2D eigenvalue weighted by Gasteiger charge is 2.29. The number of piperidine rings is 1. The molecule has 0 spiro atoms. The van der Waals surface area contributed by atoms with E-state index >= 15 is 0 Å². The average Bonchev–Trinajstić information content (AvgIpc) is 3.05. The maximum atomic E-state index is 12.1. The van der Waals surface area contributed by atoms with Gasteiger partial charge in [0.25, 0.3) is 5.91 Å². The van der Waals surface area contributed by atoms with Crippen LogP contribution in [0, 0.1) is 0 Å². The minimum Gasteiger partial charge on any atom is -0.355 e. The van der Waals surface area contributed by atoms with Gasteiger partial charge in [0.2, 0.25) is 0 Å². The molecule has 1 amide bonds. The van der Waals surface area contributed by atoms with Crippen LogP contribution >= 0.6 is 0 Å². The molecule has 0 radical (unpaired) electrons. The van der Waals surface area contributed by atoms with Crippen LogP contribution in [0.15, 0.2) is 18.2 Å². The normalized spacial score (nSPS) is 22.8. The summed E-state index contributed by atoms with van der Waals surface area (Å²) < 4.78 is 0. The molecule has 3 heterocycles. The topological polar surface area (TPSA) is 39.7 Å². The Kier molecular flexibility index (Phi) is 4.62. The lowest BCUT2D eigenvalue weighted by Crippen LogP contribution is -2.41. The third kappa shape index (κ3) is 3.24. The van der Waals surface area contributed by atoms with E-state index < -0.39 is 0 Å². The number of rotatable bonds is 3. The summed E-state index contributed by atoms with van der Waals surface area (Å²) in [5.41, 5.74) is 0.531. The fourth-order valence-corrected chi connectivity index (χ4v) is 3.48. The zero-order chi connectivity index (χ0) is 15.5. The predicted molar refractivity (Wildman–Crippen MR) is 88.3 cm³/mol. The second kappa shape index (κ2) is 6.65. The van der Waals surface area contributed by atoms with Crippen molar-refractivity contribution in [2.75, 3.05) is 45.2 Å². The molecule has 5 heteroatoms. The summed E-state index contributed by atoms with van der Waals surface area (Å²) in [7, 11) is 3.53. The van der Waals surface area contributed by atoms with Gasteiger partial charge in [0.15, 0.2) is 0 Å². The molecule has 2 aliphatic rings. The van der Waals surface area contributed by atoms with Crippen molar-refractivity contribution in [3.8, 4) is 0 Å². The summed E-state index contributed by atoms with van der Waals surface area (Å²) in [6, 6.07) is 6.40. The SMILES string of the molecule is CN(C)C(=O)c1cccc(N2CCC(N3CCCCC3)C2)n1. The summed E-state index contributed by atoms with van der Waals surface area (Å²) in [4.78, 5) is 23.2. The molecule has 5 nitrogen and oxygen atoms in total. The lowest BCUT2D eigenvalue weighted by molar-refractivity contribution is 0.0822. The van der Waals surface area contributed by atoms with E-state index in [1.807, 2.05) is 12.1 Å². The van der Waals surface area contributed by atoms with E-state index in [0.717, 1.165) is 18.9 Å². The quantitative estimate of drug-likeness (QED) is 0.854. The highest BCUT2D eigenvalue weighted by atomic mass is 16.2. The third-order valence-corrected chi connectivity index (χ3v) is 4.75. The van der Waals surface area contributed by atoms with E-state index in [1.165, 1.54) is 38.8 Å². The number of likely N-dealkylation sites (tertiary alicyclic amines) is 1. The van der Waals surface area contributed by atoms with Crippen LogP contribution in [0.5, 0.6) is 0 Å². The van der Waals surface area contributed by atoms with Gasteiger partial charge in [0.05, 0.1) is 0 Å². The molecule has 0 aromatic carbocycles. The van der Waals surface area contributed by atoms with Crippen molar-refractivity contribution < 1.29 is 4.79 Å².